The predicted octanol–water partition coefficient (Wildman–Crippen LogP) is 2.92. The van der Waals surface area contributed by atoms with Crippen LogP contribution in [0.25, 0.3) is 0 Å². The molecule has 3 unspecified atom stereocenters. The van der Waals surface area contributed by atoms with E-state index in [1.165, 1.54) is 12.8 Å². The van der Waals surface area contributed by atoms with E-state index in [0.717, 1.165) is 65.0 Å². The van der Waals surface area contributed by atoms with Crippen LogP contribution in [0.4, 0.5) is 4.39 Å². The zero-order valence-corrected chi connectivity index (χ0v) is 18.0. The average Bonchev–Trinajstić information content (AvgIpc) is 2.98. The summed E-state index contributed by atoms with van der Waals surface area (Å²) >= 11 is 0. The van der Waals surface area contributed by atoms with Crippen molar-refractivity contribution >= 4 is 0 Å². The molecule has 4 aliphatic heterocycles. The van der Waals surface area contributed by atoms with Gasteiger partial charge in [-0.2, -0.15) is 0 Å². The lowest BCUT2D eigenvalue weighted by Crippen LogP contribution is -2.63. The molecule has 4 heterocycles. The number of hydrogen-bond donors (Lipinski definition) is 1. The maximum absolute atomic E-state index is 14.2. The molecule has 2 aliphatic carbocycles. The molecule has 0 aromatic heterocycles. The first kappa shape index (κ1) is 20.6. The van der Waals surface area contributed by atoms with Crippen molar-refractivity contribution in [3.8, 4) is 0 Å². The molecular weight excluding hydrogens is 371 g/mol. The maximum atomic E-state index is 14.2. The third kappa shape index (κ3) is 4.12. The van der Waals surface area contributed by atoms with Gasteiger partial charge in [0.1, 0.15) is 6.17 Å². The summed E-state index contributed by atoms with van der Waals surface area (Å²) in [5.41, 5.74) is -0.00748. The van der Waals surface area contributed by atoms with E-state index in [1.54, 1.807) is 0 Å². The van der Waals surface area contributed by atoms with Gasteiger partial charge in [-0.15, -0.1) is 0 Å². The Hall–Kier alpha value is -0.270. The van der Waals surface area contributed by atoms with Crippen molar-refractivity contribution in [2.45, 2.75) is 94.3 Å². The number of nitrogens with one attached hydrogen (secondary N) is 1. The molecule has 2 bridgehead atoms. The highest BCUT2D eigenvalue weighted by Crippen LogP contribution is 2.42. The number of rotatable bonds is 0. The second kappa shape index (κ2) is 8.70. The number of alkyl halides is 1. The van der Waals surface area contributed by atoms with Crippen molar-refractivity contribution in [1.82, 2.24) is 10.2 Å². The van der Waals surface area contributed by atoms with E-state index >= 15 is 0 Å². The fraction of sp³-hybridized carbons (Fsp3) is 1.00. The van der Waals surface area contributed by atoms with Gasteiger partial charge >= 0.3 is 0 Å². The molecule has 0 aromatic rings. The van der Waals surface area contributed by atoms with Gasteiger partial charge in [-0.25, -0.2) is 4.39 Å². The van der Waals surface area contributed by atoms with Crippen LogP contribution >= 0.6 is 0 Å². The van der Waals surface area contributed by atoms with Crippen LogP contribution in [0.3, 0.4) is 0 Å². The van der Waals surface area contributed by atoms with Crippen LogP contribution in [0.1, 0.15) is 58.3 Å². The molecule has 0 radical (unpaired) electrons. The van der Waals surface area contributed by atoms with Gasteiger partial charge in [0.15, 0.2) is 0 Å². The summed E-state index contributed by atoms with van der Waals surface area (Å²) in [4.78, 5) is 2.58. The van der Waals surface area contributed by atoms with E-state index in [4.69, 9.17) is 14.2 Å². The molecule has 6 aliphatic rings. The van der Waals surface area contributed by atoms with Gasteiger partial charge in [0.25, 0.3) is 0 Å². The van der Waals surface area contributed by atoms with Crippen LogP contribution in [0.5, 0.6) is 0 Å². The van der Waals surface area contributed by atoms with Crippen molar-refractivity contribution in [1.29, 1.82) is 0 Å². The first-order valence-corrected chi connectivity index (χ1v) is 12.1. The zero-order chi connectivity index (χ0) is 19.8. The Bertz CT molecular complexity index is 550. The lowest BCUT2D eigenvalue weighted by Gasteiger charge is -2.42. The number of morpholine rings is 1. The second-order valence-corrected chi connectivity index (χ2v) is 10.3. The van der Waals surface area contributed by atoms with Crippen molar-refractivity contribution in [2.24, 2.45) is 11.8 Å². The average molecular weight is 411 g/mol. The minimum absolute atomic E-state index is 0.00748. The van der Waals surface area contributed by atoms with Crippen LogP contribution in [-0.2, 0) is 14.2 Å². The Kier molecular flexibility index (Phi) is 6.18. The number of ether oxygens (including phenoxy) is 3. The normalized spacial score (nSPS) is 49.7. The monoisotopic (exact) mass is 410 g/mol. The third-order valence-corrected chi connectivity index (χ3v) is 8.62. The summed E-state index contributed by atoms with van der Waals surface area (Å²) in [6, 6.07) is 0.787. The van der Waals surface area contributed by atoms with Gasteiger partial charge in [-0.05, 0) is 63.7 Å². The number of nitrogens with zero attached hydrogens (tertiary/aromatic N) is 1. The molecule has 5 nitrogen and oxygen atoms in total. The van der Waals surface area contributed by atoms with Gasteiger partial charge in [0, 0.05) is 25.6 Å². The highest BCUT2D eigenvalue weighted by Gasteiger charge is 2.52. The molecule has 1 spiro atoms. The van der Waals surface area contributed by atoms with Crippen LogP contribution < -0.4 is 5.32 Å². The minimum Gasteiger partial charge on any atom is -0.378 e. The number of fused-ring (bicyclic) bond motifs is 5. The van der Waals surface area contributed by atoms with Crippen molar-refractivity contribution in [3.05, 3.63) is 0 Å². The number of hydrogen-bond acceptors (Lipinski definition) is 5. The van der Waals surface area contributed by atoms with Gasteiger partial charge < -0.3 is 19.5 Å². The van der Waals surface area contributed by atoms with Gasteiger partial charge in [0.2, 0.25) is 0 Å². The Morgan fingerprint density at radius 1 is 1.03 bits per heavy atom. The molecule has 6 fully saturated rings. The van der Waals surface area contributed by atoms with Gasteiger partial charge in [-0.3, -0.25) is 4.90 Å². The molecule has 29 heavy (non-hydrogen) atoms. The lowest BCUT2D eigenvalue weighted by molar-refractivity contribution is -0.0636. The molecular formula is C23H39FN2O3. The molecule has 0 amide bonds. The summed E-state index contributed by atoms with van der Waals surface area (Å²) in [5, 5.41) is 3.81. The van der Waals surface area contributed by atoms with E-state index in [1.807, 2.05) is 0 Å². The Morgan fingerprint density at radius 2 is 1.90 bits per heavy atom. The highest BCUT2D eigenvalue weighted by molar-refractivity contribution is 5.10. The molecule has 6 heteroatoms. The van der Waals surface area contributed by atoms with Crippen LogP contribution in [0, 0.1) is 11.8 Å². The SMILES string of the molecule is C[C@@H]1C[C@@]2(COCCN2)[C@@H]2COC3CCC(CC3)C3CCC(F)CC3OCCN12. The van der Waals surface area contributed by atoms with Gasteiger partial charge in [0.05, 0.1) is 50.2 Å². The lowest BCUT2D eigenvalue weighted by atomic mass is 9.71. The predicted molar refractivity (Wildman–Crippen MR) is 110 cm³/mol. The van der Waals surface area contributed by atoms with E-state index in [-0.39, 0.29) is 11.6 Å². The Morgan fingerprint density at radius 3 is 2.69 bits per heavy atom. The molecule has 4 saturated heterocycles. The van der Waals surface area contributed by atoms with Crippen molar-refractivity contribution in [2.75, 3.05) is 39.5 Å². The smallest absolute Gasteiger partial charge is 0.103 e. The van der Waals surface area contributed by atoms with Gasteiger partial charge in [-0.1, -0.05) is 0 Å². The summed E-state index contributed by atoms with van der Waals surface area (Å²) in [5.74, 6) is 1.22. The quantitative estimate of drug-likeness (QED) is 0.665. The van der Waals surface area contributed by atoms with E-state index in [0.29, 0.717) is 43.1 Å². The summed E-state index contributed by atoms with van der Waals surface area (Å²) in [6.45, 7) is 7.17. The summed E-state index contributed by atoms with van der Waals surface area (Å²) in [7, 11) is 0. The van der Waals surface area contributed by atoms with Crippen molar-refractivity contribution in [3.63, 3.8) is 0 Å². The Labute approximate surface area is 175 Å². The summed E-state index contributed by atoms with van der Waals surface area (Å²) < 4.78 is 33.1. The van der Waals surface area contributed by atoms with E-state index in [2.05, 4.69) is 17.1 Å². The largest absolute Gasteiger partial charge is 0.378 e. The van der Waals surface area contributed by atoms with Crippen LogP contribution in [0.15, 0.2) is 0 Å². The zero-order valence-electron chi connectivity index (χ0n) is 18.0. The standard InChI is InChI=1S/C23H39FN2O3/c1-16-13-23(15-27-10-8-25-23)22-14-29-19-5-2-17(3-6-19)20-7-4-18(24)12-21(20)28-11-9-26(16)22/h16-22,25H,2-15H2,1H3/t16-,17?,18?,19?,20?,21?,22+,23-/m1/s1. The van der Waals surface area contributed by atoms with Crippen LogP contribution in [-0.4, -0.2) is 80.4 Å². The van der Waals surface area contributed by atoms with E-state index < -0.39 is 6.17 Å². The second-order valence-electron chi connectivity index (χ2n) is 10.3. The molecule has 2 saturated carbocycles. The maximum Gasteiger partial charge on any atom is 0.103 e. The molecule has 1 N–H and O–H groups in total. The number of halogens is 1. The van der Waals surface area contributed by atoms with Crippen LogP contribution in [0.2, 0.25) is 0 Å². The first-order valence-electron chi connectivity index (χ1n) is 12.1. The fourth-order valence-electron chi connectivity index (χ4n) is 7.11. The molecule has 166 valence electrons. The third-order valence-electron chi connectivity index (χ3n) is 8.62. The minimum atomic E-state index is -0.683. The highest BCUT2D eigenvalue weighted by atomic mass is 19.1. The first-order chi connectivity index (χ1) is 14.1. The Balaban J connectivity index is 1.36. The molecule has 0 aromatic carbocycles. The topological polar surface area (TPSA) is 43.0 Å². The summed E-state index contributed by atoms with van der Waals surface area (Å²) in [6.07, 6.45) is 7.91. The molecule has 6 rings (SSSR count). The molecule has 6 atom stereocenters. The van der Waals surface area contributed by atoms with E-state index in [9.17, 15) is 4.39 Å². The fourth-order valence-corrected chi connectivity index (χ4v) is 7.11. The van der Waals surface area contributed by atoms with Crippen molar-refractivity contribution < 1.29 is 18.6 Å².